The molecule has 0 spiro atoms. The molecule has 4 nitrogen and oxygen atoms in total. The molecule has 0 saturated carbocycles. The highest BCUT2D eigenvalue weighted by atomic mass is 16.6. The first kappa shape index (κ1) is 12.9. The van der Waals surface area contributed by atoms with Gasteiger partial charge in [0.2, 0.25) is 6.10 Å². The Balaban J connectivity index is 2.02. The molecule has 1 aliphatic carbocycles. The van der Waals surface area contributed by atoms with Crippen molar-refractivity contribution in [3.8, 4) is 0 Å². The number of cyclic esters (lactones) is 1. The Morgan fingerprint density at radius 3 is 2.61 bits per heavy atom. The summed E-state index contributed by atoms with van der Waals surface area (Å²) in [6.45, 7) is 6.03. The molecule has 4 heteroatoms. The lowest BCUT2D eigenvalue weighted by atomic mass is 9.89. The highest BCUT2D eigenvalue weighted by Gasteiger charge is 2.46. The molecule has 0 aromatic rings. The highest BCUT2D eigenvalue weighted by molar-refractivity contribution is 5.91. The maximum absolute atomic E-state index is 12.0. The van der Waals surface area contributed by atoms with Gasteiger partial charge in [-0.3, -0.25) is 0 Å². The lowest BCUT2D eigenvalue weighted by Gasteiger charge is -2.22. The molecule has 98 valence electrons. The van der Waals surface area contributed by atoms with Gasteiger partial charge in [-0.2, -0.15) is 0 Å². The number of carbonyl (C=O) groups excluding carboxylic acids is 2. The predicted octanol–water partition coefficient (Wildman–Crippen LogP) is 2.15. The predicted molar refractivity (Wildman–Crippen MR) is 65.7 cm³/mol. The quantitative estimate of drug-likeness (QED) is 0.556. The fraction of sp³-hybridized carbons (Fsp3) is 0.571. The van der Waals surface area contributed by atoms with E-state index in [0.29, 0.717) is 18.6 Å². The fourth-order valence-corrected chi connectivity index (χ4v) is 2.02. The Kier molecular flexibility index (Phi) is 3.28. The van der Waals surface area contributed by atoms with Crippen LogP contribution in [0.5, 0.6) is 0 Å². The third kappa shape index (κ3) is 2.47. The van der Waals surface area contributed by atoms with Crippen molar-refractivity contribution in [2.45, 2.75) is 39.7 Å². The summed E-state index contributed by atoms with van der Waals surface area (Å²) in [6.07, 6.45) is 4.42. The summed E-state index contributed by atoms with van der Waals surface area (Å²) in [4.78, 5) is 23.5. The van der Waals surface area contributed by atoms with E-state index in [9.17, 15) is 9.59 Å². The van der Waals surface area contributed by atoms with Crippen LogP contribution < -0.4 is 0 Å². The second-order valence-corrected chi connectivity index (χ2v) is 5.57. The Morgan fingerprint density at radius 2 is 2.11 bits per heavy atom. The van der Waals surface area contributed by atoms with Gasteiger partial charge in [-0.15, -0.1) is 0 Å². The second-order valence-electron chi connectivity index (χ2n) is 5.57. The van der Waals surface area contributed by atoms with Crippen LogP contribution in [0.1, 0.15) is 33.6 Å². The van der Waals surface area contributed by atoms with Crippen molar-refractivity contribution in [1.29, 1.82) is 0 Å². The van der Waals surface area contributed by atoms with Crippen LogP contribution in [-0.2, 0) is 19.1 Å². The molecular formula is C14H18O4. The molecule has 0 aromatic carbocycles. The summed E-state index contributed by atoms with van der Waals surface area (Å²) in [7, 11) is 0. The van der Waals surface area contributed by atoms with Crippen LogP contribution in [0.25, 0.3) is 0 Å². The molecular weight excluding hydrogens is 232 g/mol. The van der Waals surface area contributed by atoms with Crippen molar-refractivity contribution < 1.29 is 19.1 Å². The number of ether oxygens (including phenoxy) is 2. The third-order valence-corrected chi connectivity index (χ3v) is 3.34. The van der Waals surface area contributed by atoms with Crippen molar-refractivity contribution >= 4 is 11.9 Å². The van der Waals surface area contributed by atoms with Gasteiger partial charge in [-0.05, 0) is 19.8 Å². The summed E-state index contributed by atoms with van der Waals surface area (Å²) < 4.78 is 10.2. The van der Waals surface area contributed by atoms with Crippen molar-refractivity contribution in [1.82, 2.24) is 0 Å². The minimum atomic E-state index is -0.794. The van der Waals surface area contributed by atoms with Crippen molar-refractivity contribution in [2.75, 3.05) is 6.61 Å². The molecule has 1 fully saturated rings. The summed E-state index contributed by atoms with van der Waals surface area (Å²) in [6, 6.07) is 0. The summed E-state index contributed by atoms with van der Waals surface area (Å²) in [5.74, 6) is -0.854. The van der Waals surface area contributed by atoms with E-state index in [1.165, 1.54) is 5.57 Å². The molecule has 0 unspecified atom stereocenters. The number of hydrogen-bond donors (Lipinski definition) is 0. The van der Waals surface area contributed by atoms with Gasteiger partial charge >= 0.3 is 11.9 Å². The Labute approximate surface area is 107 Å². The topological polar surface area (TPSA) is 52.6 Å². The first-order chi connectivity index (χ1) is 8.40. The Bertz CT molecular complexity index is 443. The zero-order valence-corrected chi connectivity index (χ0v) is 11.0. The normalized spacial score (nSPS) is 26.2. The largest absolute Gasteiger partial charge is 0.462 e. The van der Waals surface area contributed by atoms with Gasteiger partial charge in [0.25, 0.3) is 0 Å². The molecule has 0 aromatic heterocycles. The Hall–Kier alpha value is -1.58. The van der Waals surface area contributed by atoms with Crippen molar-refractivity contribution in [2.24, 2.45) is 5.41 Å². The number of carbonyl (C=O) groups is 2. The van der Waals surface area contributed by atoms with E-state index in [0.717, 1.165) is 6.42 Å². The van der Waals surface area contributed by atoms with Crippen LogP contribution in [0, 0.1) is 5.41 Å². The SMILES string of the molecule is CC1=CCC(C(=O)O[C@H]2C(=O)OCC2(C)C)=CC1. The van der Waals surface area contributed by atoms with Gasteiger partial charge in [-0.1, -0.05) is 31.6 Å². The van der Waals surface area contributed by atoms with Crippen LogP contribution in [0.4, 0.5) is 0 Å². The van der Waals surface area contributed by atoms with Gasteiger partial charge in [0.15, 0.2) is 0 Å². The molecule has 0 amide bonds. The lowest BCUT2D eigenvalue weighted by Crippen LogP contribution is -2.35. The van der Waals surface area contributed by atoms with Gasteiger partial charge in [0.1, 0.15) is 6.61 Å². The molecule has 0 N–H and O–H groups in total. The summed E-state index contributed by atoms with van der Waals surface area (Å²) in [5.41, 5.74) is 1.41. The van der Waals surface area contributed by atoms with E-state index in [4.69, 9.17) is 9.47 Å². The standard InChI is InChI=1S/C14H18O4/c1-9-4-6-10(7-5-9)12(15)18-11-13(16)17-8-14(11,2)3/h4,7,11H,5-6,8H2,1-3H3/t11-/m0/s1. The Morgan fingerprint density at radius 1 is 1.39 bits per heavy atom. The lowest BCUT2D eigenvalue weighted by molar-refractivity contribution is -0.160. The molecule has 0 bridgehead atoms. The first-order valence-corrected chi connectivity index (χ1v) is 6.12. The molecule has 1 atom stereocenters. The molecule has 2 aliphatic rings. The molecule has 2 rings (SSSR count). The average molecular weight is 250 g/mol. The van der Waals surface area contributed by atoms with Crippen LogP contribution in [0.3, 0.4) is 0 Å². The maximum Gasteiger partial charge on any atom is 0.348 e. The van der Waals surface area contributed by atoms with Crippen LogP contribution in [0.15, 0.2) is 23.3 Å². The number of esters is 2. The molecule has 1 heterocycles. The van der Waals surface area contributed by atoms with Crippen LogP contribution >= 0.6 is 0 Å². The van der Waals surface area contributed by atoms with E-state index in [2.05, 4.69) is 0 Å². The van der Waals surface area contributed by atoms with Crippen molar-refractivity contribution in [3.63, 3.8) is 0 Å². The number of rotatable bonds is 2. The fourth-order valence-electron chi connectivity index (χ4n) is 2.02. The summed E-state index contributed by atoms with van der Waals surface area (Å²) >= 11 is 0. The van der Waals surface area contributed by atoms with Gasteiger partial charge in [0.05, 0.1) is 0 Å². The van der Waals surface area contributed by atoms with E-state index in [1.54, 1.807) is 0 Å². The van der Waals surface area contributed by atoms with Gasteiger partial charge in [-0.25, -0.2) is 9.59 Å². The summed E-state index contributed by atoms with van der Waals surface area (Å²) in [5, 5.41) is 0. The molecule has 1 aliphatic heterocycles. The van der Waals surface area contributed by atoms with Crippen molar-refractivity contribution in [3.05, 3.63) is 23.3 Å². The highest BCUT2D eigenvalue weighted by Crippen LogP contribution is 2.32. The van der Waals surface area contributed by atoms with E-state index >= 15 is 0 Å². The average Bonchev–Trinajstić information content (AvgIpc) is 2.57. The minimum Gasteiger partial charge on any atom is -0.462 e. The first-order valence-electron chi connectivity index (χ1n) is 6.12. The van der Waals surface area contributed by atoms with E-state index in [1.807, 2.05) is 32.9 Å². The van der Waals surface area contributed by atoms with E-state index < -0.39 is 23.5 Å². The van der Waals surface area contributed by atoms with E-state index in [-0.39, 0.29) is 0 Å². The van der Waals surface area contributed by atoms with Crippen LogP contribution in [-0.4, -0.2) is 24.6 Å². The number of hydrogen-bond acceptors (Lipinski definition) is 4. The monoisotopic (exact) mass is 250 g/mol. The second kappa shape index (κ2) is 4.59. The zero-order chi connectivity index (χ0) is 13.3. The maximum atomic E-state index is 12.0. The van der Waals surface area contributed by atoms with Crippen LogP contribution in [0.2, 0.25) is 0 Å². The van der Waals surface area contributed by atoms with Gasteiger partial charge in [0, 0.05) is 11.0 Å². The molecule has 18 heavy (non-hydrogen) atoms. The minimum absolute atomic E-state index is 0.293. The molecule has 1 saturated heterocycles. The number of allylic oxidation sites excluding steroid dienone is 3. The molecule has 0 radical (unpaired) electrons. The van der Waals surface area contributed by atoms with Gasteiger partial charge < -0.3 is 9.47 Å². The zero-order valence-electron chi connectivity index (χ0n) is 11.0. The third-order valence-electron chi connectivity index (χ3n) is 3.34. The smallest absolute Gasteiger partial charge is 0.348 e.